The molecular weight excluding hydrogens is 466 g/mol. The van der Waals surface area contributed by atoms with Crippen molar-refractivity contribution in [3.63, 3.8) is 0 Å². The molecule has 0 spiro atoms. The van der Waals surface area contributed by atoms with E-state index in [0.29, 0.717) is 24.2 Å². The molecule has 7 aliphatic rings. The van der Waals surface area contributed by atoms with Crippen molar-refractivity contribution in [1.29, 1.82) is 0 Å². The lowest BCUT2D eigenvalue weighted by molar-refractivity contribution is 0.155. The Morgan fingerprint density at radius 1 is 0.263 bits per heavy atom. The lowest BCUT2D eigenvalue weighted by Crippen LogP contribution is -2.59. The molecule has 0 aromatic rings. The fraction of sp³-hybridized carbons (Fsp3) is 1.00. The number of fused-ring (bicyclic) bond motifs is 12. The maximum Gasteiger partial charge on any atom is 0.0223 e. The molecule has 216 valence electrons. The van der Waals surface area contributed by atoms with Crippen LogP contribution in [0.1, 0.15) is 135 Å². The van der Waals surface area contributed by atoms with Gasteiger partial charge < -0.3 is 26.6 Å². The van der Waals surface area contributed by atoms with Gasteiger partial charge in [-0.25, -0.2) is 0 Å². The summed E-state index contributed by atoms with van der Waals surface area (Å²) in [4.78, 5) is 0. The number of hydrogen-bond acceptors (Lipinski definition) is 5. The summed E-state index contributed by atoms with van der Waals surface area (Å²) in [5, 5.41) is 21.4. The van der Waals surface area contributed by atoms with Crippen LogP contribution in [0, 0.1) is 11.8 Å². The minimum Gasteiger partial charge on any atom is -0.311 e. The van der Waals surface area contributed by atoms with E-state index in [-0.39, 0.29) is 0 Å². The molecular formula is C33H59N5. The Morgan fingerprint density at radius 3 is 0.789 bits per heavy atom. The van der Waals surface area contributed by atoms with Gasteiger partial charge in [0.25, 0.3) is 0 Å². The first-order chi connectivity index (χ1) is 18.7. The minimum absolute atomic E-state index is 0.704. The van der Waals surface area contributed by atoms with Crippen LogP contribution in [0.2, 0.25) is 0 Å². The molecule has 7 aliphatic heterocycles. The average molecular weight is 526 g/mol. The second-order valence-corrected chi connectivity index (χ2v) is 15.2. The zero-order chi connectivity index (χ0) is 25.3. The molecule has 0 aromatic heterocycles. The van der Waals surface area contributed by atoms with Crippen LogP contribution in [0.25, 0.3) is 0 Å². The number of hydrogen-bond donors (Lipinski definition) is 5. The Morgan fingerprint density at radius 2 is 0.500 bits per heavy atom. The monoisotopic (exact) mass is 525 g/mol. The molecule has 7 heterocycles. The van der Waals surface area contributed by atoms with Crippen LogP contribution < -0.4 is 26.6 Å². The molecule has 0 saturated carbocycles. The van der Waals surface area contributed by atoms with Crippen molar-refractivity contribution in [2.45, 2.75) is 195 Å². The molecule has 7 rings (SSSR count). The molecule has 0 radical (unpaired) electrons. The third-order valence-corrected chi connectivity index (χ3v) is 12.3. The predicted octanol–water partition coefficient (Wildman–Crippen LogP) is 5.14. The standard InChI is InChI=1S/C33H59N5/c1-6-24-16-22-18-26-8-2-12-30(35-26)31-13-3-9-27(36-31)20-23(17-25(7-1)34-24)21-29-11-5-15-33(38-29)32-14-4-10-28(19-22)37-32/h22-38H,1-21H2. The second kappa shape index (κ2) is 12.3. The van der Waals surface area contributed by atoms with Gasteiger partial charge in [0.2, 0.25) is 0 Å². The zero-order valence-corrected chi connectivity index (χ0v) is 24.3. The van der Waals surface area contributed by atoms with Crippen LogP contribution in [0.5, 0.6) is 0 Å². The average Bonchev–Trinajstić information content (AvgIpc) is 2.93. The molecule has 5 nitrogen and oxygen atoms in total. The van der Waals surface area contributed by atoms with Gasteiger partial charge in [-0.3, -0.25) is 0 Å². The lowest BCUT2D eigenvalue weighted by atomic mass is 9.79. The third-order valence-electron chi connectivity index (χ3n) is 12.3. The van der Waals surface area contributed by atoms with Crippen molar-refractivity contribution < 1.29 is 0 Å². The summed E-state index contributed by atoms with van der Waals surface area (Å²) < 4.78 is 0. The summed E-state index contributed by atoms with van der Waals surface area (Å²) in [5.41, 5.74) is 0. The van der Waals surface area contributed by atoms with Crippen molar-refractivity contribution in [3.05, 3.63) is 0 Å². The van der Waals surface area contributed by atoms with Crippen LogP contribution in [-0.4, -0.2) is 60.4 Å². The Balaban J connectivity index is 1.21. The maximum atomic E-state index is 4.29. The van der Waals surface area contributed by atoms with Crippen molar-refractivity contribution in [2.75, 3.05) is 0 Å². The van der Waals surface area contributed by atoms with E-state index < -0.39 is 0 Å². The van der Waals surface area contributed by atoms with Gasteiger partial charge in [-0.15, -0.1) is 0 Å². The van der Waals surface area contributed by atoms with Crippen LogP contribution >= 0.6 is 0 Å². The summed E-state index contributed by atoms with van der Waals surface area (Å²) in [6.07, 6.45) is 29.6. The summed E-state index contributed by atoms with van der Waals surface area (Å²) in [7, 11) is 0. The van der Waals surface area contributed by atoms with Gasteiger partial charge in [0, 0.05) is 60.4 Å². The molecule has 12 bridgehead atoms. The predicted molar refractivity (Wildman–Crippen MR) is 157 cm³/mol. The van der Waals surface area contributed by atoms with Crippen LogP contribution in [-0.2, 0) is 0 Å². The molecule has 5 heteroatoms. The molecule has 7 saturated heterocycles. The van der Waals surface area contributed by atoms with Gasteiger partial charge in [0.05, 0.1) is 0 Å². The zero-order valence-electron chi connectivity index (χ0n) is 24.3. The highest BCUT2D eigenvalue weighted by molar-refractivity contribution is 4.99. The number of nitrogens with one attached hydrogen (secondary N) is 5. The first kappa shape index (κ1) is 26.7. The van der Waals surface area contributed by atoms with Crippen LogP contribution in [0.3, 0.4) is 0 Å². The Hall–Kier alpha value is -0.200. The van der Waals surface area contributed by atoms with E-state index in [0.717, 1.165) is 48.1 Å². The van der Waals surface area contributed by atoms with Crippen LogP contribution in [0.15, 0.2) is 0 Å². The SMILES string of the molecule is C1CC2CC3CC4CCCC(N4)C4CCCC(CC(CC(C1)N2)CC1CCCC(N1)C1CCCC(C3)N1)N4. The molecule has 38 heavy (non-hydrogen) atoms. The third kappa shape index (κ3) is 6.48. The highest BCUT2D eigenvalue weighted by Crippen LogP contribution is 2.36. The fourth-order valence-electron chi connectivity index (χ4n) is 10.7. The first-order valence-corrected chi connectivity index (χ1v) is 17.5. The largest absolute Gasteiger partial charge is 0.311 e. The maximum absolute atomic E-state index is 4.29. The van der Waals surface area contributed by atoms with Gasteiger partial charge in [0.1, 0.15) is 0 Å². The van der Waals surface area contributed by atoms with Crippen molar-refractivity contribution in [3.8, 4) is 0 Å². The fourth-order valence-corrected chi connectivity index (χ4v) is 10.7. The Kier molecular flexibility index (Phi) is 8.67. The summed E-state index contributed by atoms with van der Waals surface area (Å²) in [6.45, 7) is 0. The summed E-state index contributed by atoms with van der Waals surface area (Å²) in [6, 6.07) is 7.25. The quantitative estimate of drug-likeness (QED) is 0.303. The van der Waals surface area contributed by atoms with Gasteiger partial charge in [-0.2, -0.15) is 0 Å². The molecule has 0 aromatic carbocycles. The van der Waals surface area contributed by atoms with Gasteiger partial charge in [0.15, 0.2) is 0 Å². The topological polar surface area (TPSA) is 60.1 Å². The van der Waals surface area contributed by atoms with Crippen molar-refractivity contribution >= 4 is 0 Å². The van der Waals surface area contributed by atoms with E-state index in [2.05, 4.69) is 26.6 Å². The Bertz CT molecular complexity index is 652. The summed E-state index contributed by atoms with van der Waals surface area (Å²) in [5.74, 6) is 1.70. The number of rotatable bonds is 0. The van der Waals surface area contributed by atoms with Crippen LogP contribution in [0.4, 0.5) is 0 Å². The van der Waals surface area contributed by atoms with E-state index in [1.807, 2.05) is 0 Å². The highest BCUT2D eigenvalue weighted by atomic mass is 15.1. The molecule has 5 N–H and O–H groups in total. The van der Waals surface area contributed by atoms with Gasteiger partial charge >= 0.3 is 0 Å². The minimum atomic E-state index is 0.704. The van der Waals surface area contributed by atoms with E-state index in [1.54, 1.807) is 0 Å². The van der Waals surface area contributed by atoms with E-state index in [1.165, 1.54) is 135 Å². The van der Waals surface area contributed by atoms with Gasteiger partial charge in [-0.1, -0.05) is 32.1 Å². The van der Waals surface area contributed by atoms with Crippen molar-refractivity contribution in [1.82, 2.24) is 26.6 Å². The summed E-state index contributed by atoms with van der Waals surface area (Å²) >= 11 is 0. The lowest BCUT2D eigenvalue weighted by Gasteiger charge is -2.44. The second-order valence-electron chi connectivity index (χ2n) is 15.2. The van der Waals surface area contributed by atoms with E-state index >= 15 is 0 Å². The molecule has 0 amide bonds. The van der Waals surface area contributed by atoms with Gasteiger partial charge in [-0.05, 0) is 115 Å². The molecule has 10 atom stereocenters. The molecule has 7 fully saturated rings. The highest BCUT2D eigenvalue weighted by Gasteiger charge is 2.38. The smallest absolute Gasteiger partial charge is 0.0223 e. The first-order valence-electron chi connectivity index (χ1n) is 17.5. The normalized spacial score (nSPS) is 50.5. The van der Waals surface area contributed by atoms with E-state index in [9.17, 15) is 0 Å². The molecule has 0 aliphatic carbocycles. The van der Waals surface area contributed by atoms with E-state index in [4.69, 9.17) is 0 Å². The molecule has 10 unspecified atom stereocenters. The number of piperidine rings is 5. The van der Waals surface area contributed by atoms with Crippen molar-refractivity contribution in [2.24, 2.45) is 11.8 Å². The Labute approximate surface area is 233 Å².